The van der Waals surface area contributed by atoms with Gasteiger partial charge in [0.05, 0.1) is 0 Å². The van der Waals surface area contributed by atoms with Crippen LogP contribution in [0.5, 0.6) is 0 Å². The quantitative estimate of drug-likeness (QED) is 0.817. The molecule has 1 fully saturated rings. The summed E-state index contributed by atoms with van der Waals surface area (Å²) in [5.74, 6) is 1.32. The van der Waals surface area contributed by atoms with Crippen LogP contribution in [0.25, 0.3) is 0 Å². The number of amides is 1. The van der Waals surface area contributed by atoms with Gasteiger partial charge in [0.15, 0.2) is 0 Å². The van der Waals surface area contributed by atoms with E-state index in [9.17, 15) is 4.79 Å². The third-order valence-electron chi connectivity index (χ3n) is 4.65. The molecule has 2 aromatic heterocycles. The monoisotopic (exact) mass is 377 g/mol. The summed E-state index contributed by atoms with van der Waals surface area (Å²) in [4.78, 5) is 16.3. The van der Waals surface area contributed by atoms with Gasteiger partial charge in [0, 0.05) is 18.9 Å². The number of ether oxygens (including phenoxy) is 1. The first-order chi connectivity index (χ1) is 12.2. The van der Waals surface area contributed by atoms with E-state index in [0.29, 0.717) is 11.0 Å². The van der Waals surface area contributed by atoms with Gasteiger partial charge < -0.3 is 9.30 Å². The maximum absolute atomic E-state index is 12.0. The highest BCUT2D eigenvalue weighted by Gasteiger charge is 2.40. The molecule has 0 bridgehead atoms. The van der Waals surface area contributed by atoms with Gasteiger partial charge in [-0.15, -0.1) is 10.2 Å². The highest BCUT2D eigenvalue weighted by molar-refractivity contribution is 6.29. The predicted molar refractivity (Wildman–Crippen MR) is 99.3 cm³/mol. The van der Waals surface area contributed by atoms with Gasteiger partial charge in [0.25, 0.3) is 0 Å². The Morgan fingerprint density at radius 1 is 1.38 bits per heavy atom. The molecule has 1 amide bonds. The number of pyridine rings is 1. The zero-order chi connectivity index (χ0) is 18.9. The minimum Gasteiger partial charge on any atom is -0.444 e. The van der Waals surface area contributed by atoms with Crippen LogP contribution in [0.1, 0.15) is 51.4 Å². The molecule has 1 saturated carbocycles. The standard InChI is InChI=1S/C18H24ClN5O2/c1-17(2,3)26-16(25)22-14-9-12(8-13(19)21-14)18(6-5-7-18)10-15-23-20-11-24(15)4/h8-9,11H,5-7,10H2,1-4H3,(H,21,22,25). The fourth-order valence-corrected chi connectivity index (χ4v) is 3.42. The molecular formula is C18H24ClN5O2. The fourth-order valence-electron chi connectivity index (χ4n) is 3.22. The van der Waals surface area contributed by atoms with Crippen molar-refractivity contribution in [3.05, 3.63) is 35.0 Å². The van der Waals surface area contributed by atoms with Crippen molar-refractivity contribution in [1.29, 1.82) is 0 Å². The summed E-state index contributed by atoms with van der Waals surface area (Å²) in [6.07, 6.45) is 5.14. The number of carbonyl (C=O) groups is 1. The molecule has 7 nitrogen and oxygen atoms in total. The Kier molecular flexibility index (Phi) is 4.92. The van der Waals surface area contributed by atoms with Crippen LogP contribution < -0.4 is 5.32 Å². The van der Waals surface area contributed by atoms with Crippen molar-refractivity contribution in [2.24, 2.45) is 7.05 Å². The molecule has 0 spiro atoms. The van der Waals surface area contributed by atoms with Crippen molar-refractivity contribution in [3.63, 3.8) is 0 Å². The highest BCUT2D eigenvalue weighted by atomic mass is 35.5. The second-order valence-electron chi connectivity index (χ2n) is 7.86. The summed E-state index contributed by atoms with van der Waals surface area (Å²) in [5.41, 5.74) is 0.418. The van der Waals surface area contributed by atoms with E-state index >= 15 is 0 Å². The number of halogens is 1. The Hall–Kier alpha value is -2.15. The van der Waals surface area contributed by atoms with Crippen LogP contribution in [0.15, 0.2) is 18.5 Å². The van der Waals surface area contributed by atoms with Crippen LogP contribution >= 0.6 is 11.6 Å². The number of hydrogen-bond acceptors (Lipinski definition) is 5. The Labute approximate surface area is 158 Å². The molecule has 1 aliphatic carbocycles. The van der Waals surface area contributed by atoms with E-state index in [1.165, 1.54) is 0 Å². The molecular weight excluding hydrogens is 354 g/mol. The summed E-state index contributed by atoms with van der Waals surface area (Å²) in [5, 5.41) is 11.2. The van der Waals surface area contributed by atoms with E-state index in [2.05, 4.69) is 20.5 Å². The second kappa shape index (κ2) is 6.87. The van der Waals surface area contributed by atoms with E-state index in [4.69, 9.17) is 16.3 Å². The van der Waals surface area contributed by atoms with Gasteiger partial charge in [-0.05, 0) is 51.3 Å². The molecule has 0 atom stereocenters. The molecule has 0 saturated heterocycles. The highest BCUT2D eigenvalue weighted by Crippen LogP contribution is 2.46. The van der Waals surface area contributed by atoms with Crippen LogP contribution in [-0.4, -0.2) is 31.4 Å². The van der Waals surface area contributed by atoms with Crippen LogP contribution in [0.2, 0.25) is 5.15 Å². The number of nitrogens with one attached hydrogen (secondary N) is 1. The number of nitrogens with zero attached hydrogens (tertiary/aromatic N) is 4. The second-order valence-corrected chi connectivity index (χ2v) is 8.25. The van der Waals surface area contributed by atoms with Crippen molar-refractivity contribution in [1.82, 2.24) is 19.7 Å². The first-order valence-electron chi connectivity index (χ1n) is 8.68. The molecule has 0 radical (unpaired) electrons. The van der Waals surface area contributed by atoms with Gasteiger partial charge in [0.1, 0.15) is 28.7 Å². The minimum absolute atomic E-state index is 0.0578. The Balaban J connectivity index is 1.84. The van der Waals surface area contributed by atoms with E-state index < -0.39 is 11.7 Å². The van der Waals surface area contributed by atoms with Crippen molar-refractivity contribution < 1.29 is 9.53 Å². The first-order valence-corrected chi connectivity index (χ1v) is 9.06. The van der Waals surface area contributed by atoms with Gasteiger partial charge in [-0.25, -0.2) is 9.78 Å². The minimum atomic E-state index is -0.577. The average Bonchev–Trinajstić information content (AvgIpc) is 2.85. The molecule has 8 heteroatoms. The molecule has 1 N–H and O–H groups in total. The van der Waals surface area contributed by atoms with Crippen LogP contribution in [-0.2, 0) is 23.6 Å². The topological polar surface area (TPSA) is 81.9 Å². The summed E-state index contributed by atoms with van der Waals surface area (Å²) >= 11 is 6.23. The molecule has 3 rings (SSSR count). The number of anilines is 1. The number of aryl methyl sites for hydroxylation is 1. The van der Waals surface area contributed by atoms with E-state index in [-0.39, 0.29) is 5.41 Å². The van der Waals surface area contributed by atoms with Gasteiger partial charge in [0.2, 0.25) is 0 Å². The lowest BCUT2D eigenvalue weighted by atomic mass is 9.62. The van der Waals surface area contributed by atoms with Crippen LogP contribution in [0.3, 0.4) is 0 Å². The molecule has 140 valence electrons. The lowest BCUT2D eigenvalue weighted by molar-refractivity contribution is 0.0635. The third kappa shape index (κ3) is 4.15. The number of aromatic nitrogens is 4. The summed E-state index contributed by atoms with van der Waals surface area (Å²) < 4.78 is 7.23. The van der Waals surface area contributed by atoms with Crippen molar-refractivity contribution in [2.75, 3.05) is 5.32 Å². The number of hydrogen-bond donors (Lipinski definition) is 1. The maximum Gasteiger partial charge on any atom is 0.413 e. The van der Waals surface area contributed by atoms with E-state index in [0.717, 1.165) is 37.1 Å². The Bertz CT molecular complexity index is 808. The van der Waals surface area contributed by atoms with Crippen molar-refractivity contribution in [3.8, 4) is 0 Å². The number of carbonyl (C=O) groups excluding carboxylic acids is 1. The molecule has 2 heterocycles. The first kappa shape index (κ1) is 18.6. The van der Waals surface area contributed by atoms with Gasteiger partial charge in [-0.1, -0.05) is 18.0 Å². The lowest BCUT2D eigenvalue weighted by Gasteiger charge is -2.42. The average molecular weight is 378 g/mol. The summed E-state index contributed by atoms with van der Waals surface area (Å²) in [6, 6.07) is 3.75. The van der Waals surface area contributed by atoms with Gasteiger partial charge in [-0.3, -0.25) is 5.32 Å². The molecule has 0 aliphatic heterocycles. The van der Waals surface area contributed by atoms with E-state index in [1.807, 2.05) is 44.5 Å². The van der Waals surface area contributed by atoms with Crippen LogP contribution in [0, 0.1) is 0 Å². The lowest BCUT2D eigenvalue weighted by Crippen LogP contribution is -2.37. The maximum atomic E-state index is 12.0. The molecule has 0 unspecified atom stereocenters. The number of rotatable bonds is 4. The summed E-state index contributed by atoms with van der Waals surface area (Å²) in [7, 11) is 1.94. The van der Waals surface area contributed by atoms with Crippen molar-refractivity contribution in [2.45, 2.75) is 57.5 Å². The molecule has 0 aromatic carbocycles. The predicted octanol–water partition coefficient (Wildman–Crippen LogP) is 3.87. The largest absolute Gasteiger partial charge is 0.444 e. The SMILES string of the molecule is Cn1cnnc1CC1(c2cc(Cl)nc(NC(=O)OC(C)(C)C)c2)CCC1. The van der Waals surface area contributed by atoms with E-state index in [1.54, 1.807) is 6.33 Å². The Morgan fingerprint density at radius 3 is 2.65 bits per heavy atom. The molecule has 2 aromatic rings. The molecule has 26 heavy (non-hydrogen) atoms. The normalized spacial score (nSPS) is 16.0. The smallest absolute Gasteiger partial charge is 0.413 e. The Morgan fingerprint density at radius 2 is 2.12 bits per heavy atom. The zero-order valence-corrected chi connectivity index (χ0v) is 16.3. The zero-order valence-electron chi connectivity index (χ0n) is 15.5. The van der Waals surface area contributed by atoms with Crippen LogP contribution in [0.4, 0.5) is 10.6 Å². The van der Waals surface area contributed by atoms with Gasteiger partial charge in [-0.2, -0.15) is 0 Å². The third-order valence-corrected chi connectivity index (χ3v) is 4.84. The van der Waals surface area contributed by atoms with Gasteiger partial charge >= 0.3 is 6.09 Å². The fraction of sp³-hybridized carbons (Fsp3) is 0.556. The summed E-state index contributed by atoms with van der Waals surface area (Å²) in [6.45, 7) is 5.44. The molecule has 1 aliphatic rings. The van der Waals surface area contributed by atoms with Crippen molar-refractivity contribution >= 4 is 23.5 Å².